The molecular formula is C20H20ClN5O3. The smallest absolute Gasteiger partial charge is 0.248 e. The number of likely N-dealkylation sites (tertiary alicyclic amines) is 1. The second kappa shape index (κ2) is 8.18. The lowest BCUT2D eigenvalue weighted by atomic mass is 9.88. The summed E-state index contributed by atoms with van der Waals surface area (Å²) in [5, 5.41) is 27.6. The van der Waals surface area contributed by atoms with Gasteiger partial charge in [-0.3, -0.25) is 9.89 Å². The summed E-state index contributed by atoms with van der Waals surface area (Å²) in [4.78, 5) is 21.8. The number of aliphatic hydroxyl groups excluding tert-OH is 1. The second-order valence-corrected chi connectivity index (χ2v) is 7.37. The van der Waals surface area contributed by atoms with Gasteiger partial charge in [-0.2, -0.15) is 5.10 Å². The molecule has 1 aliphatic heterocycles. The zero-order chi connectivity index (χ0) is 20.4. The highest BCUT2D eigenvalue weighted by molar-refractivity contribution is 6.30. The van der Waals surface area contributed by atoms with Crippen LogP contribution in [0.5, 0.6) is 5.75 Å². The maximum Gasteiger partial charge on any atom is 0.248 e. The molecule has 0 bridgehead atoms. The van der Waals surface area contributed by atoms with E-state index < -0.39 is 6.61 Å². The summed E-state index contributed by atoms with van der Waals surface area (Å²) in [7, 11) is 0. The fraction of sp³-hybridized carbons (Fsp3) is 0.300. The molecule has 0 radical (unpaired) electrons. The van der Waals surface area contributed by atoms with Crippen molar-refractivity contribution in [2.45, 2.75) is 18.8 Å². The van der Waals surface area contributed by atoms with E-state index in [1.807, 2.05) is 0 Å². The van der Waals surface area contributed by atoms with Crippen LogP contribution < -0.4 is 0 Å². The maximum absolute atomic E-state index is 11.8. The minimum absolute atomic E-state index is 0.0363. The van der Waals surface area contributed by atoms with Crippen LogP contribution in [0.15, 0.2) is 36.8 Å². The van der Waals surface area contributed by atoms with Crippen molar-refractivity contribution in [2.24, 2.45) is 0 Å². The predicted octanol–water partition coefficient (Wildman–Crippen LogP) is 2.59. The van der Waals surface area contributed by atoms with Crippen molar-refractivity contribution in [1.29, 1.82) is 0 Å². The number of hydrogen-bond acceptors (Lipinski definition) is 6. The normalized spacial score (nSPS) is 14.9. The molecule has 2 aromatic heterocycles. The van der Waals surface area contributed by atoms with Gasteiger partial charge in [0.15, 0.2) is 0 Å². The van der Waals surface area contributed by atoms with E-state index in [0.29, 0.717) is 35.1 Å². The van der Waals surface area contributed by atoms with Gasteiger partial charge < -0.3 is 15.1 Å². The average Bonchev–Trinajstić information content (AvgIpc) is 3.18. The molecule has 1 saturated heterocycles. The van der Waals surface area contributed by atoms with Crippen molar-refractivity contribution < 1.29 is 15.0 Å². The van der Waals surface area contributed by atoms with Crippen LogP contribution in [0.25, 0.3) is 22.5 Å². The highest BCUT2D eigenvalue weighted by atomic mass is 35.5. The summed E-state index contributed by atoms with van der Waals surface area (Å²) in [6.45, 7) is 0.655. The van der Waals surface area contributed by atoms with E-state index in [1.165, 1.54) is 12.4 Å². The number of phenolic OH excluding ortho intramolecular Hbond substituents is 1. The van der Waals surface area contributed by atoms with Crippen molar-refractivity contribution in [1.82, 2.24) is 25.1 Å². The van der Waals surface area contributed by atoms with Gasteiger partial charge in [0.1, 0.15) is 24.4 Å². The van der Waals surface area contributed by atoms with Gasteiger partial charge in [-0.15, -0.1) is 0 Å². The molecule has 4 rings (SSSR count). The number of nitrogens with zero attached hydrogens (tertiary/aromatic N) is 4. The number of benzene rings is 1. The Morgan fingerprint density at radius 2 is 2.07 bits per heavy atom. The van der Waals surface area contributed by atoms with Crippen molar-refractivity contribution in [3.05, 3.63) is 47.5 Å². The zero-order valence-corrected chi connectivity index (χ0v) is 16.3. The van der Waals surface area contributed by atoms with E-state index in [1.54, 1.807) is 29.3 Å². The molecule has 1 fully saturated rings. The molecule has 9 heteroatoms. The van der Waals surface area contributed by atoms with Crippen LogP contribution in [-0.2, 0) is 4.79 Å². The first-order valence-corrected chi connectivity index (χ1v) is 9.68. The van der Waals surface area contributed by atoms with Crippen LogP contribution in [0.4, 0.5) is 0 Å². The highest BCUT2D eigenvalue weighted by Crippen LogP contribution is 2.41. The molecule has 0 aliphatic carbocycles. The second-order valence-electron chi connectivity index (χ2n) is 6.93. The third-order valence-electron chi connectivity index (χ3n) is 5.24. The molecule has 0 unspecified atom stereocenters. The lowest BCUT2D eigenvalue weighted by molar-refractivity contribution is -0.135. The topological polar surface area (TPSA) is 115 Å². The number of carbonyl (C=O) groups excluding carboxylic acids is 1. The number of hydrogen-bond donors (Lipinski definition) is 3. The molecule has 8 nitrogen and oxygen atoms in total. The molecule has 3 heterocycles. The van der Waals surface area contributed by atoms with E-state index in [-0.39, 0.29) is 17.6 Å². The van der Waals surface area contributed by atoms with Gasteiger partial charge in [0, 0.05) is 47.0 Å². The third kappa shape index (κ3) is 3.81. The lowest BCUT2D eigenvalue weighted by Gasteiger charge is -2.31. The minimum Gasteiger partial charge on any atom is -0.507 e. The highest BCUT2D eigenvalue weighted by Gasteiger charge is 2.29. The molecule has 3 N–H and O–H groups in total. The van der Waals surface area contributed by atoms with Gasteiger partial charge in [-0.1, -0.05) is 11.6 Å². The first-order valence-electron chi connectivity index (χ1n) is 9.30. The summed E-state index contributed by atoms with van der Waals surface area (Å²) >= 11 is 5.98. The van der Waals surface area contributed by atoms with Crippen LogP contribution in [0, 0.1) is 0 Å². The predicted molar refractivity (Wildman–Crippen MR) is 107 cm³/mol. The van der Waals surface area contributed by atoms with E-state index in [2.05, 4.69) is 20.2 Å². The average molecular weight is 414 g/mol. The Balaban J connectivity index is 1.74. The summed E-state index contributed by atoms with van der Waals surface area (Å²) in [6, 6.07) is 6.71. The number of aromatic hydroxyl groups is 1. The Morgan fingerprint density at radius 3 is 2.72 bits per heavy atom. The lowest BCUT2D eigenvalue weighted by Crippen LogP contribution is -2.39. The maximum atomic E-state index is 11.8. The first kappa shape index (κ1) is 19.4. The monoisotopic (exact) mass is 413 g/mol. The standard InChI is InChI=1S/C20H20ClN5O3/c21-13-1-2-14(16(28)9-13)20-18(15-3-6-22-11-23-15)19(24-25-20)12-4-7-26(8-5-12)17(29)10-27/h1-3,6,9,11-12,27-28H,4-5,7-8,10H2,(H,24,25). The van der Waals surface area contributed by atoms with Crippen LogP contribution in [-0.4, -0.2) is 60.9 Å². The molecule has 1 aliphatic rings. The third-order valence-corrected chi connectivity index (χ3v) is 5.47. The molecule has 150 valence electrons. The Hall–Kier alpha value is -2.97. The van der Waals surface area contributed by atoms with Crippen molar-refractivity contribution in [3.8, 4) is 28.3 Å². The Bertz CT molecular complexity index is 1020. The first-order chi connectivity index (χ1) is 14.1. The fourth-order valence-corrected chi connectivity index (χ4v) is 3.93. The Labute approximate surface area is 172 Å². The van der Waals surface area contributed by atoms with E-state index in [4.69, 9.17) is 16.7 Å². The number of carbonyl (C=O) groups is 1. The van der Waals surface area contributed by atoms with E-state index in [0.717, 1.165) is 24.1 Å². The summed E-state index contributed by atoms with van der Waals surface area (Å²) in [5.74, 6) is -0.0801. The van der Waals surface area contributed by atoms with Crippen LogP contribution >= 0.6 is 11.6 Å². The van der Waals surface area contributed by atoms with E-state index >= 15 is 0 Å². The number of phenols is 1. The van der Waals surface area contributed by atoms with Crippen LogP contribution in [0.3, 0.4) is 0 Å². The molecule has 29 heavy (non-hydrogen) atoms. The number of rotatable bonds is 4. The van der Waals surface area contributed by atoms with Gasteiger partial charge in [0.05, 0.1) is 5.69 Å². The zero-order valence-electron chi connectivity index (χ0n) is 15.5. The van der Waals surface area contributed by atoms with Gasteiger partial charge in [-0.05, 0) is 37.1 Å². The number of piperidine rings is 1. The van der Waals surface area contributed by atoms with Crippen LogP contribution in [0.1, 0.15) is 24.5 Å². The molecule has 1 aromatic carbocycles. The van der Waals surface area contributed by atoms with Crippen molar-refractivity contribution >= 4 is 17.5 Å². The number of halogens is 1. The van der Waals surface area contributed by atoms with Gasteiger partial charge in [0.2, 0.25) is 5.91 Å². The van der Waals surface area contributed by atoms with Gasteiger partial charge in [0.25, 0.3) is 0 Å². The fourth-order valence-electron chi connectivity index (χ4n) is 3.77. The number of H-pyrrole nitrogens is 1. The molecule has 0 atom stereocenters. The largest absolute Gasteiger partial charge is 0.507 e. The molecule has 1 amide bonds. The SMILES string of the molecule is O=C(CO)N1CCC(c2[nH]nc(-c3ccc(Cl)cc3O)c2-c2ccncn2)CC1. The number of aliphatic hydroxyl groups is 1. The molecule has 3 aromatic rings. The molecular weight excluding hydrogens is 394 g/mol. The number of amides is 1. The quantitative estimate of drug-likeness (QED) is 0.605. The van der Waals surface area contributed by atoms with Gasteiger partial charge >= 0.3 is 0 Å². The number of nitrogens with one attached hydrogen (secondary N) is 1. The molecule has 0 saturated carbocycles. The Morgan fingerprint density at radius 1 is 1.28 bits per heavy atom. The number of aromatic nitrogens is 4. The summed E-state index contributed by atoms with van der Waals surface area (Å²) < 4.78 is 0. The van der Waals surface area contributed by atoms with Crippen LogP contribution in [0.2, 0.25) is 5.02 Å². The summed E-state index contributed by atoms with van der Waals surface area (Å²) in [6.07, 6.45) is 4.60. The van der Waals surface area contributed by atoms with E-state index in [9.17, 15) is 9.90 Å². The van der Waals surface area contributed by atoms with Gasteiger partial charge in [-0.25, -0.2) is 9.97 Å². The Kier molecular flexibility index (Phi) is 5.46. The number of aromatic amines is 1. The molecule has 0 spiro atoms. The van der Waals surface area contributed by atoms with Crippen molar-refractivity contribution in [3.63, 3.8) is 0 Å². The van der Waals surface area contributed by atoms with Crippen molar-refractivity contribution in [2.75, 3.05) is 19.7 Å². The summed E-state index contributed by atoms with van der Waals surface area (Å²) in [5.41, 5.74) is 3.54. The minimum atomic E-state index is -0.471.